The van der Waals surface area contributed by atoms with Crippen LogP contribution in [-0.2, 0) is 0 Å². The fraction of sp³-hybridized carbons (Fsp3) is 0.273. The van der Waals surface area contributed by atoms with E-state index >= 15 is 0 Å². The molecule has 2 heterocycles. The Balaban J connectivity index is 2.93. The Morgan fingerprint density at radius 3 is 2.47 bits per heavy atom. The van der Waals surface area contributed by atoms with Gasteiger partial charge in [0.05, 0.1) is 0 Å². The largest absolute Gasteiger partial charge is 0.505 e. The van der Waals surface area contributed by atoms with E-state index in [1.165, 1.54) is 0 Å². The van der Waals surface area contributed by atoms with Crippen LogP contribution in [0.4, 0.5) is 0 Å². The zero-order valence-electron chi connectivity index (χ0n) is 8.80. The smallest absolute Gasteiger partial charge is 0.161 e. The Kier molecular flexibility index (Phi) is 2.38. The minimum absolute atomic E-state index is 0.149. The molecule has 78 valence electrons. The van der Waals surface area contributed by atoms with Crippen LogP contribution < -0.4 is 0 Å². The van der Waals surface area contributed by atoms with Crippen molar-refractivity contribution >= 4 is 27.0 Å². The molecule has 0 spiro atoms. The summed E-state index contributed by atoms with van der Waals surface area (Å²) in [7, 11) is 0. The monoisotopic (exact) mass is 266 g/mol. The number of fused-ring (bicyclic) bond motifs is 1. The first-order valence-electron chi connectivity index (χ1n) is 4.63. The molecule has 0 bridgehead atoms. The van der Waals surface area contributed by atoms with E-state index in [1.54, 1.807) is 6.07 Å². The lowest BCUT2D eigenvalue weighted by atomic mass is 10.1. The molecular formula is C11H11BrN2O. The zero-order valence-corrected chi connectivity index (χ0v) is 10.4. The van der Waals surface area contributed by atoms with Crippen LogP contribution in [-0.4, -0.2) is 15.1 Å². The van der Waals surface area contributed by atoms with Crippen molar-refractivity contribution in [2.24, 2.45) is 0 Å². The van der Waals surface area contributed by atoms with Crippen LogP contribution in [0.15, 0.2) is 10.7 Å². The Bertz CT molecular complexity index is 547. The van der Waals surface area contributed by atoms with Gasteiger partial charge in [-0.15, -0.1) is 0 Å². The summed E-state index contributed by atoms with van der Waals surface area (Å²) in [6.45, 7) is 6.00. The molecule has 2 aromatic rings. The molecule has 0 amide bonds. The second-order valence-corrected chi connectivity index (χ2v) is 4.37. The zero-order chi connectivity index (χ0) is 11.2. The molecule has 2 aromatic heterocycles. The maximum atomic E-state index is 9.56. The molecule has 4 heteroatoms. The molecule has 0 radical (unpaired) electrons. The molecule has 0 aliphatic rings. The van der Waals surface area contributed by atoms with Crippen molar-refractivity contribution in [3.63, 3.8) is 0 Å². The first-order valence-corrected chi connectivity index (χ1v) is 5.43. The maximum absolute atomic E-state index is 9.56. The molecule has 0 aromatic carbocycles. The van der Waals surface area contributed by atoms with Gasteiger partial charge in [-0.3, -0.25) is 0 Å². The van der Waals surface area contributed by atoms with Crippen molar-refractivity contribution in [3.05, 3.63) is 27.5 Å². The first kappa shape index (κ1) is 10.4. The van der Waals surface area contributed by atoms with Crippen molar-refractivity contribution in [1.29, 1.82) is 0 Å². The summed E-state index contributed by atoms with van der Waals surface area (Å²) in [5.41, 5.74) is 3.91. The van der Waals surface area contributed by atoms with E-state index in [2.05, 4.69) is 25.9 Å². The number of halogens is 1. The number of hydrogen-bond acceptors (Lipinski definition) is 3. The highest BCUT2D eigenvalue weighted by atomic mass is 79.9. The molecule has 0 atom stereocenters. The van der Waals surface area contributed by atoms with Crippen LogP contribution in [0.5, 0.6) is 5.75 Å². The lowest BCUT2D eigenvalue weighted by Crippen LogP contribution is -1.95. The molecule has 2 rings (SSSR count). The lowest BCUT2D eigenvalue weighted by Gasteiger charge is -2.08. The van der Waals surface area contributed by atoms with E-state index in [-0.39, 0.29) is 5.75 Å². The third kappa shape index (κ3) is 1.59. The van der Waals surface area contributed by atoms with Gasteiger partial charge in [0, 0.05) is 11.1 Å². The van der Waals surface area contributed by atoms with Crippen LogP contribution in [0.1, 0.15) is 16.8 Å². The molecule has 0 fully saturated rings. The second kappa shape index (κ2) is 3.45. The Morgan fingerprint density at radius 1 is 1.13 bits per heavy atom. The van der Waals surface area contributed by atoms with Gasteiger partial charge >= 0.3 is 0 Å². The number of rotatable bonds is 0. The van der Waals surface area contributed by atoms with E-state index in [4.69, 9.17) is 0 Å². The van der Waals surface area contributed by atoms with Crippen molar-refractivity contribution in [2.45, 2.75) is 20.8 Å². The lowest BCUT2D eigenvalue weighted by molar-refractivity contribution is 0.469. The third-order valence-electron chi connectivity index (χ3n) is 2.72. The van der Waals surface area contributed by atoms with Gasteiger partial charge in [0.25, 0.3) is 0 Å². The molecule has 3 nitrogen and oxygen atoms in total. The van der Waals surface area contributed by atoms with E-state index in [9.17, 15) is 5.11 Å². The van der Waals surface area contributed by atoms with Gasteiger partial charge in [-0.2, -0.15) is 0 Å². The molecule has 0 unspecified atom stereocenters. The molecule has 0 saturated heterocycles. The number of aromatic nitrogens is 2. The van der Waals surface area contributed by atoms with Crippen molar-refractivity contribution in [1.82, 2.24) is 9.97 Å². The number of aromatic hydroxyl groups is 1. The summed E-state index contributed by atoms with van der Waals surface area (Å²) < 4.78 is 0.435. The summed E-state index contributed by atoms with van der Waals surface area (Å²) in [6.07, 6.45) is 0. The fourth-order valence-corrected chi connectivity index (χ4v) is 1.83. The maximum Gasteiger partial charge on any atom is 0.161 e. The number of hydrogen-bond donors (Lipinski definition) is 1. The van der Waals surface area contributed by atoms with Gasteiger partial charge in [0.1, 0.15) is 10.4 Å². The molecular weight excluding hydrogens is 256 g/mol. The normalized spacial score (nSPS) is 10.9. The fourth-order valence-electron chi connectivity index (χ4n) is 1.55. The van der Waals surface area contributed by atoms with Gasteiger partial charge in [-0.1, -0.05) is 0 Å². The summed E-state index contributed by atoms with van der Waals surface area (Å²) in [5, 5.41) is 10.5. The number of aryl methyl sites for hydroxylation is 2. The summed E-state index contributed by atoms with van der Waals surface area (Å²) in [6, 6.07) is 1.70. The molecule has 0 aliphatic carbocycles. The SMILES string of the molecule is Cc1nc2nc(Br)c(O)cc2c(C)c1C. The van der Waals surface area contributed by atoms with Gasteiger partial charge in [0.2, 0.25) is 0 Å². The molecule has 15 heavy (non-hydrogen) atoms. The van der Waals surface area contributed by atoms with Gasteiger partial charge in [-0.25, -0.2) is 9.97 Å². The van der Waals surface area contributed by atoms with Crippen LogP contribution in [0.25, 0.3) is 11.0 Å². The van der Waals surface area contributed by atoms with Crippen molar-refractivity contribution in [2.75, 3.05) is 0 Å². The topological polar surface area (TPSA) is 46.0 Å². The average Bonchev–Trinajstić information content (AvgIpc) is 2.19. The Hall–Kier alpha value is -1.16. The van der Waals surface area contributed by atoms with E-state index < -0.39 is 0 Å². The standard InChI is InChI=1S/C11H11BrN2O/c1-5-6(2)8-4-9(15)10(12)14-11(8)13-7(5)3/h4,15H,1-3H3. The van der Waals surface area contributed by atoms with E-state index in [0.29, 0.717) is 10.3 Å². The number of pyridine rings is 2. The van der Waals surface area contributed by atoms with E-state index in [0.717, 1.165) is 22.2 Å². The van der Waals surface area contributed by atoms with Crippen LogP contribution in [0, 0.1) is 20.8 Å². The molecule has 1 N–H and O–H groups in total. The van der Waals surface area contributed by atoms with Crippen LogP contribution in [0.2, 0.25) is 0 Å². The highest BCUT2D eigenvalue weighted by Gasteiger charge is 2.09. The van der Waals surface area contributed by atoms with E-state index in [1.807, 2.05) is 20.8 Å². The minimum Gasteiger partial charge on any atom is -0.505 e. The van der Waals surface area contributed by atoms with Gasteiger partial charge in [0.15, 0.2) is 5.65 Å². The van der Waals surface area contributed by atoms with Gasteiger partial charge < -0.3 is 5.11 Å². The summed E-state index contributed by atoms with van der Waals surface area (Å²) >= 11 is 3.18. The van der Waals surface area contributed by atoms with Crippen molar-refractivity contribution in [3.8, 4) is 5.75 Å². The third-order valence-corrected chi connectivity index (χ3v) is 3.30. The number of nitrogens with zero attached hydrogens (tertiary/aromatic N) is 2. The predicted octanol–water partition coefficient (Wildman–Crippen LogP) is 3.02. The predicted molar refractivity (Wildman–Crippen MR) is 63.1 cm³/mol. The minimum atomic E-state index is 0.149. The highest BCUT2D eigenvalue weighted by molar-refractivity contribution is 9.10. The van der Waals surface area contributed by atoms with Crippen LogP contribution in [0.3, 0.4) is 0 Å². The summed E-state index contributed by atoms with van der Waals surface area (Å²) in [4.78, 5) is 8.58. The second-order valence-electron chi connectivity index (χ2n) is 3.62. The van der Waals surface area contributed by atoms with Gasteiger partial charge in [-0.05, 0) is 53.9 Å². The molecule has 0 aliphatic heterocycles. The first-order chi connectivity index (χ1) is 7.00. The quantitative estimate of drug-likeness (QED) is 0.746. The van der Waals surface area contributed by atoms with Crippen molar-refractivity contribution < 1.29 is 5.11 Å². The Labute approximate surface area is 96.3 Å². The highest BCUT2D eigenvalue weighted by Crippen LogP contribution is 2.28. The average molecular weight is 267 g/mol. The molecule has 0 saturated carbocycles. The Morgan fingerprint density at radius 2 is 1.80 bits per heavy atom. The van der Waals surface area contributed by atoms with Crippen LogP contribution >= 0.6 is 15.9 Å². The summed E-state index contributed by atoms with van der Waals surface area (Å²) in [5.74, 6) is 0.149.